The zero-order valence-electron chi connectivity index (χ0n) is 12.5. The van der Waals surface area contributed by atoms with Gasteiger partial charge in [0.15, 0.2) is 5.82 Å². The Balaban J connectivity index is 1.64. The molecule has 0 fully saturated rings. The average Bonchev–Trinajstić information content (AvgIpc) is 3.03. The number of anilines is 1. The maximum Gasteiger partial charge on any atom is 0.249 e. The third kappa shape index (κ3) is 4.34. The van der Waals surface area contributed by atoms with Crippen molar-refractivity contribution in [1.82, 2.24) is 10.2 Å². The van der Waals surface area contributed by atoms with Crippen LogP contribution in [0.5, 0.6) is 0 Å². The Morgan fingerprint density at radius 3 is 2.54 bits per heavy atom. The number of aromatic nitrogens is 2. The Morgan fingerprint density at radius 1 is 1.12 bits per heavy atom. The van der Waals surface area contributed by atoms with Crippen LogP contribution in [0.2, 0.25) is 5.02 Å². The second-order valence-electron chi connectivity index (χ2n) is 5.05. The van der Waals surface area contributed by atoms with E-state index < -0.39 is 0 Å². The van der Waals surface area contributed by atoms with Crippen LogP contribution in [0.15, 0.2) is 65.1 Å². The van der Waals surface area contributed by atoms with Crippen LogP contribution < -0.4 is 5.32 Å². The molecule has 24 heavy (non-hydrogen) atoms. The van der Waals surface area contributed by atoms with E-state index in [-0.39, 0.29) is 5.91 Å². The van der Waals surface area contributed by atoms with Gasteiger partial charge in [-0.3, -0.25) is 9.89 Å². The molecule has 120 valence electrons. The Hall–Kier alpha value is -2.37. The molecule has 2 aromatic carbocycles. The van der Waals surface area contributed by atoms with E-state index in [2.05, 4.69) is 31.4 Å². The van der Waals surface area contributed by atoms with Crippen LogP contribution >= 0.6 is 27.5 Å². The molecule has 0 saturated heterocycles. The molecule has 0 bridgehead atoms. The number of H-pyrrole nitrogens is 1. The zero-order valence-corrected chi connectivity index (χ0v) is 14.8. The topological polar surface area (TPSA) is 57.8 Å². The van der Waals surface area contributed by atoms with Gasteiger partial charge in [0.2, 0.25) is 5.91 Å². The lowest BCUT2D eigenvalue weighted by molar-refractivity contribution is -0.111. The number of nitrogens with zero attached hydrogens (tertiary/aromatic N) is 1. The molecule has 1 heterocycles. The molecule has 0 radical (unpaired) electrons. The first-order valence-corrected chi connectivity index (χ1v) is 8.33. The largest absolute Gasteiger partial charge is 0.306 e. The van der Waals surface area contributed by atoms with E-state index in [4.69, 9.17) is 11.6 Å². The Kier molecular flexibility index (Phi) is 5.13. The van der Waals surface area contributed by atoms with Gasteiger partial charge in [-0.05, 0) is 41.5 Å². The van der Waals surface area contributed by atoms with Gasteiger partial charge in [0.25, 0.3) is 0 Å². The number of halogens is 2. The maximum absolute atomic E-state index is 12.0. The molecule has 0 saturated carbocycles. The molecule has 0 unspecified atom stereocenters. The van der Waals surface area contributed by atoms with Crippen LogP contribution in [-0.2, 0) is 4.79 Å². The van der Waals surface area contributed by atoms with Crippen LogP contribution in [0.1, 0.15) is 5.56 Å². The third-order valence-electron chi connectivity index (χ3n) is 3.28. The quantitative estimate of drug-likeness (QED) is 0.593. The van der Waals surface area contributed by atoms with E-state index in [1.165, 1.54) is 6.08 Å². The van der Waals surface area contributed by atoms with E-state index in [0.717, 1.165) is 21.3 Å². The fourth-order valence-corrected chi connectivity index (χ4v) is 2.47. The highest BCUT2D eigenvalue weighted by molar-refractivity contribution is 9.10. The van der Waals surface area contributed by atoms with Gasteiger partial charge in [0.1, 0.15) is 0 Å². The number of carbonyl (C=O) groups excluding carboxylic acids is 1. The second-order valence-corrected chi connectivity index (χ2v) is 6.40. The van der Waals surface area contributed by atoms with Crippen molar-refractivity contribution in [3.63, 3.8) is 0 Å². The van der Waals surface area contributed by atoms with Crippen LogP contribution in [0.4, 0.5) is 5.82 Å². The SMILES string of the molecule is O=C(/C=C/c1ccc(Cl)cc1)Nc1cc(-c2ccc(Br)cc2)[nH]n1. The number of benzene rings is 2. The minimum atomic E-state index is -0.251. The number of rotatable bonds is 4. The monoisotopic (exact) mass is 401 g/mol. The summed E-state index contributed by atoms with van der Waals surface area (Å²) in [6, 6.07) is 16.8. The molecule has 1 aromatic heterocycles. The van der Waals surface area contributed by atoms with Crippen LogP contribution in [0, 0.1) is 0 Å². The molecule has 4 nitrogen and oxygen atoms in total. The summed E-state index contributed by atoms with van der Waals surface area (Å²) in [7, 11) is 0. The molecule has 3 aromatic rings. The highest BCUT2D eigenvalue weighted by Crippen LogP contribution is 2.22. The zero-order chi connectivity index (χ0) is 16.9. The van der Waals surface area contributed by atoms with Gasteiger partial charge in [-0.15, -0.1) is 0 Å². The van der Waals surface area contributed by atoms with Gasteiger partial charge in [0, 0.05) is 21.6 Å². The highest BCUT2D eigenvalue weighted by atomic mass is 79.9. The lowest BCUT2D eigenvalue weighted by atomic mass is 10.1. The molecule has 0 atom stereocenters. The summed E-state index contributed by atoms with van der Waals surface area (Å²) in [6.07, 6.45) is 3.17. The van der Waals surface area contributed by atoms with Crippen molar-refractivity contribution in [2.75, 3.05) is 5.32 Å². The van der Waals surface area contributed by atoms with E-state index in [9.17, 15) is 4.79 Å². The number of hydrogen-bond acceptors (Lipinski definition) is 2. The van der Waals surface area contributed by atoms with E-state index >= 15 is 0 Å². The normalized spacial score (nSPS) is 10.9. The summed E-state index contributed by atoms with van der Waals surface area (Å²) in [5, 5.41) is 10.4. The van der Waals surface area contributed by atoms with Crippen LogP contribution in [0.3, 0.4) is 0 Å². The number of carbonyl (C=O) groups is 1. The van der Waals surface area contributed by atoms with Gasteiger partial charge in [-0.25, -0.2) is 0 Å². The lowest BCUT2D eigenvalue weighted by Crippen LogP contribution is -2.07. The molecule has 1 amide bonds. The molecule has 6 heteroatoms. The lowest BCUT2D eigenvalue weighted by Gasteiger charge is -1.97. The minimum Gasteiger partial charge on any atom is -0.306 e. The van der Waals surface area contributed by atoms with Crippen molar-refractivity contribution < 1.29 is 4.79 Å². The Bertz CT molecular complexity index is 870. The predicted octanol–water partition coefficient (Wildman–Crippen LogP) is 5.14. The molecule has 0 aliphatic heterocycles. The second kappa shape index (κ2) is 7.47. The van der Waals surface area contributed by atoms with E-state index in [1.807, 2.05) is 36.4 Å². The van der Waals surface area contributed by atoms with E-state index in [0.29, 0.717) is 10.8 Å². The predicted molar refractivity (Wildman–Crippen MR) is 101 cm³/mol. The molecular formula is C18H13BrClN3O. The van der Waals surface area contributed by atoms with Crippen LogP contribution in [0.25, 0.3) is 17.3 Å². The van der Waals surface area contributed by atoms with Gasteiger partial charge in [0.05, 0.1) is 5.69 Å². The average molecular weight is 403 g/mol. The van der Waals surface area contributed by atoms with Gasteiger partial charge in [-0.1, -0.05) is 51.8 Å². The van der Waals surface area contributed by atoms with Crippen LogP contribution in [-0.4, -0.2) is 16.1 Å². The van der Waals surface area contributed by atoms with Crippen molar-refractivity contribution in [1.29, 1.82) is 0 Å². The number of hydrogen-bond donors (Lipinski definition) is 2. The van der Waals surface area contributed by atoms with Crippen molar-refractivity contribution in [2.45, 2.75) is 0 Å². The summed E-state index contributed by atoms with van der Waals surface area (Å²) in [5.41, 5.74) is 2.72. The minimum absolute atomic E-state index is 0.251. The summed E-state index contributed by atoms with van der Waals surface area (Å²) in [5.74, 6) is 0.220. The first kappa shape index (κ1) is 16.5. The Labute approximate surface area is 152 Å². The van der Waals surface area contributed by atoms with Crippen molar-refractivity contribution in [3.05, 3.63) is 75.7 Å². The van der Waals surface area contributed by atoms with Gasteiger partial charge >= 0.3 is 0 Å². The molecule has 0 aliphatic rings. The first-order chi connectivity index (χ1) is 11.6. The smallest absolute Gasteiger partial charge is 0.249 e. The molecular weight excluding hydrogens is 390 g/mol. The number of nitrogens with one attached hydrogen (secondary N) is 2. The maximum atomic E-state index is 12.0. The summed E-state index contributed by atoms with van der Waals surface area (Å²) < 4.78 is 1.01. The molecule has 0 aliphatic carbocycles. The van der Waals surface area contributed by atoms with Crippen molar-refractivity contribution in [2.24, 2.45) is 0 Å². The van der Waals surface area contributed by atoms with E-state index in [1.54, 1.807) is 24.3 Å². The first-order valence-electron chi connectivity index (χ1n) is 7.16. The Morgan fingerprint density at radius 2 is 1.83 bits per heavy atom. The number of amides is 1. The fraction of sp³-hybridized carbons (Fsp3) is 0. The number of aromatic amines is 1. The summed E-state index contributed by atoms with van der Waals surface area (Å²) >= 11 is 9.22. The van der Waals surface area contributed by atoms with Crippen molar-refractivity contribution >= 4 is 45.3 Å². The van der Waals surface area contributed by atoms with Gasteiger partial charge < -0.3 is 5.32 Å². The standard InChI is InChI=1S/C18H13BrClN3O/c19-14-6-4-13(5-7-14)16-11-17(23-22-16)21-18(24)10-3-12-1-8-15(20)9-2-12/h1-11H,(H2,21,22,23,24)/b10-3+. The van der Waals surface area contributed by atoms with Gasteiger partial charge in [-0.2, -0.15) is 5.10 Å². The highest BCUT2D eigenvalue weighted by Gasteiger charge is 2.05. The summed E-state index contributed by atoms with van der Waals surface area (Å²) in [6.45, 7) is 0. The summed E-state index contributed by atoms with van der Waals surface area (Å²) in [4.78, 5) is 12.0. The molecule has 3 rings (SSSR count). The fourth-order valence-electron chi connectivity index (χ4n) is 2.08. The van der Waals surface area contributed by atoms with Crippen molar-refractivity contribution in [3.8, 4) is 11.3 Å². The molecule has 0 spiro atoms. The third-order valence-corrected chi connectivity index (χ3v) is 4.06. The molecule has 2 N–H and O–H groups in total.